The summed E-state index contributed by atoms with van der Waals surface area (Å²) in [6.45, 7) is 6.41. The van der Waals surface area contributed by atoms with E-state index in [9.17, 15) is 18.4 Å². The summed E-state index contributed by atoms with van der Waals surface area (Å²) >= 11 is 3.25. The Morgan fingerprint density at radius 3 is 2.55 bits per heavy atom. The van der Waals surface area contributed by atoms with Crippen LogP contribution in [0.1, 0.15) is 37.7 Å². The Morgan fingerprint density at radius 1 is 1.10 bits per heavy atom. The first-order valence-corrected chi connectivity index (χ1v) is 13.5. The molecule has 0 saturated carbocycles. The van der Waals surface area contributed by atoms with Gasteiger partial charge in [0.05, 0.1) is 34.6 Å². The smallest absolute Gasteiger partial charge is 0.410 e. The number of rotatable bonds is 5. The fourth-order valence-electron chi connectivity index (χ4n) is 5.06. The van der Waals surface area contributed by atoms with Crippen molar-refractivity contribution in [3.63, 3.8) is 0 Å². The molecule has 2 amide bonds. The Kier molecular flexibility index (Phi) is 7.38. The minimum absolute atomic E-state index is 0.0242. The lowest BCUT2D eigenvalue weighted by Crippen LogP contribution is -2.50. The molecule has 1 N–H and O–H groups in total. The number of ether oxygens (including phenoxy) is 2. The van der Waals surface area contributed by atoms with Gasteiger partial charge in [-0.2, -0.15) is 0 Å². The maximum atomic E-state index is 14.7. The van der Waals surface area contributed by atoms with Crippen LogP contribution in [-0.2, 0) is 4.74 Å². The fraction of sp³-hybridized carbons (Fsp3) is 0.357. The summed E-state index contributed by atoms with van der Waals surface area (Å²) in [5.74, 6) is -1.58. The molecule has 5 rings (SSSR count). The number of halogens is 3. The Hall–Kier alpha value is -3.80. The van der Waals surface area contributed by atoms with Crippen LogP contribution in [0.5, 0.6) is 5.75 Å². The second kappa shape index (κ2) is 10.6. The van der Waals surface area contributed by atoms with Gasteiger partial charge in [0.15, 0.2) is 5.82 Å². The number of hydrogen-bond acceptors (Lipinski definition) is 7. The molecule has 0 unspecified atom stereocenters. The number of piperazine rings is 1. The van der Waals surface area contributed by atoms with E-state index in [1.807, 2.05) is 20.8 Å². The standard InChI is InChI=1S/C28H28BrF2N5O4/c1-28(2,3)40-27(38)36-14-15-10-16(36)13-35(15)22-11-17(29)19(31)12-21(22)34-26(37)20-8-9-32-25(33-20)24-18(30)6-5-7-23(24)39-4/h5-9,11-12,15-16H,10,13-14H2,1-4H3,(H,34,37)/t15-,16-/m0/s1. The summed E-state index contributed by atoms with van der Waals surface area (Å²) in [5.41, 5.74) is 0.228. The zero-order valence-electron chi connectivity index (χ0n) is 22.4. The number of carbonyl (C=O) groups is 2. The number of aromatic nitrogens is 2. The Labute approximate surface area is 238 Å². The molecule has 2 aliphatic rings. The molecular formula is C28H28BrF2N5O4. The molecule has 0 spiro atoms. The van der Waals surface area contributed by atoms with Crippen LogP contribution in [0.2, 0.25) is 0 Å². The maximum Gasteiger partial charge on any atom is 0.410 e. The van der Waals surface area contributed by atoms with Gasteiger partial charge in [-0.15, -0.1) is 0 Å². The van der Waals surface area contributed by atoms with Gasteiger partial charge in [0.2, 0.25) is 0 Å². The summed E-state index contributed by atoms with van der Waals surface area (Å²) in [7, 11) is 1.40. The SMILES string of the molecule is COc1cccc(F)c1-c1nccc(C(=O)Nc2cc(F)c(Br)cc2N2C[C@@H]3C[C@H]2CN3C(=O)OC(C)(C)C)n1. The molecule has 1 aromatic heterocycles. The van der Waals surface area contributed by atoms with Crippen LogP contribution in [0, 0.1) is 11.6 Å². The molecule has 2 aromatic carbocycles. The average Bonchev–Trinajstić information content (AvgIpc) is 3.51. The normalized spacial score (nSPS) is 18.2. The number of methoxy groups -OCH3 is 1. The molecule has 0 radical (unpaired) electrons. The number of likely N-dealkylation sites (tertiary alicyclic amines) is 1. The van der Waals surface area contributed by atoms with Gasteiger partial charge in [-0.25, -0.2) is 23.5 Å². The number of benzene rings is 2. The van der Waals surface area contributed by atoms with Gasteiger partial charge in [-0.3, -0.25) is 4.79 Å². The third-order valence-electron chi connectivity index (χ3n) is 6.77. The van der Waals surface area contributed by atoms with E-state index >= 15 is 0 Å². The molecule has 2 saturated heterocycles. The molecule has 12 heteroatoms. The summed E-state index contributed by atoms with van der Waals surface area (Å²) in [5, 5.41) is 2.76. The van der Waals surface area contributed by atoms with Gasteiger partial charge in [0, 0.05) is 31.4 Å². The van der Waals surface area contributed by atoms with Crippen molar-refractivity contribution in [2.75, 3.05) is 30.4 Å². The number of amides is 2. The second-order valence-corrected chi connectivity index (χ2v) is 11.5. The highest BCUT2D eigenvalue weighted by Crippen LogP contribution is 2.41. The van der Waals surface area contributed by atoms with Crippen molar-refractivity contribution in [1.29, 1.82) is 0 Å². The molecular weight excluding hydrogens is 588 g/mol. The summed E-state index contributed by atoms with van der Waals surface area (Å²) in [6, 6.07) is 8.43. The molecule has 3 heterocycles. The highest BCUT2D eigenvalue weighted by atomic mass is 79.9. The van der Waals surface area contributed by atoms with Crippen LogP contribution < -0.4 is 15.0 Å². The van der Waals surface area contributed by atoms with E-state index in [1.54, 1.807) is 17.0 Å². The Morgan fingerprint density at radius 2 is 1.88 bits per heavy atom. The van der Waals surface area contributed by atoms with Crippen molar-refractivity contribution in [2.24, 2.45) is 0 Å². The van der Waals surface area contributed by atoms with Crippen LogP contribution in [0.3, 0.4) is 0 Å². The van der Waals surface area contributed by atoms with Crippen LogP contribution in [-0.4, -0.2) is 64.8 Å². The van der Waals surface area contributed by atoms with Crippen LogP contribution >= 0.6 is 15.9 Å². The van der Waals surface area contributed by atoms with Crippen molar-refractivity contribution in [1.82, 2.24) is 14.9 Å². The van der Waals surface area contributed by atoms with Gasteiger partial charge in [0.25, 0.3) is 5.91 Å². The number of nitrogens with zero attached hydrogens (tertiary/aromatic N) is 4. The van der Waals surface area contributed by atoms with E-state index in [2.05, 4.69) is 36.1 Å². The topological polar surface area (TPSA) is 96.9 Å². The molecule has 2 fully saturated rings. The van der Waals surface area contributed by atoms with E-state index in [4.69, 9.17) is 9.47 Å². The Balaban J connectivity index is 1.39. The molecule has 2 aliphatic heterocycles. The van der Waals surface area contributed by atoms with E-state index < -0.39 is 23.1 Å². The number of anilines is 2. The van der Waals surface area contributed by atoms with E-state index in [1.165, 1.54) is 37.6 Å². The van der Waals surface area contributed by atoms with Crippen LogP contribution in [0.25, 0.3) is 11.4 Å². The lowest BCUT2D eigenvalue weighted by atomic mass is 10.1. The molecule has 0 aliphatic carbocycles. The van der Waals surface area contributed by atoms with Gasteiger partial charge in [0.1, 0.15) is 28.7 Å². The van der Waals surface area contributed by atoms with Crippen molar-refractivity contribution in [3.05, 3.63) is 64.4 Å². The largest absolute Gasteiger partial charge is 0.496 e. The van der Waals surface area contributed by atoms with Crippen molar-refractivity contribution >= 4 is 39.3 Å². The lowest BCUT2D eigenvalue weighted by Gasteiger charge is -2.37. The average molecular weight is 616 g/mol. The first-order chi connectivity index (χ1) is 18.9. The van der Waals surface area contributed by atoms with Gasteiger partial charge in [-0.05, 0) is 67.4 Å². The van der Waals surface area contributed by atoms with Crippen molar-refractivity contribution < 1.29 is 27.8 Å². The van der Waals surface area contributed by atoms with Gasteiger partial charge >= 0.3 is 6.09 Å². The molecule has 9 nitrogen and oxygen atoms in total. The van der Waals surface area contributed by atoms with E-state index in [0.29, 0.717) is 18.8 Å². The molecule has 40 heavy (non-hydrogen) atoms. The second-order valence-electron chi connectivity index (χ2n) is 10.6. The maximum absolute atomic E-state index is 14.7. The third kappa shape index (κ3) is 5.45. The third-order valence-corrected chi connectivity index (χ3v) is 7.38. The Bertz CT molecular complexity index is 1480. The van der Waals surface area contributed by atoms with E-state index in [0.717, 1.165) is 6.42 Å². The van der Waals surface area contributed by atoms with Crippen LogP contribution in [0.4, 0.5) is 25.0 Å². The molecule has 2 bridgehead atoms. The summed E-state index contributed by atoms with van der Waals surface area (Å²) in [6.07, 6.45) is 1.71. The molecule has 3 aromatic rings. The quantitative estimate of drug-likeness (QED) is 0.396. The monoisotopic (exact) mass is 615 g/mol. The summed E-state index contributed by atoms with van der Waals surface area (Å²) in [4.78, 5) is 38.1. The lowest BCUT2D eigenvalue weighted by molar-refractivity contribution is 0.0214. The number of carbonyl (C=O) groups excluding carboxylic acids is 2. The predicted molar refractivity (Wildman–Crippen MR) is 149 cm³/mol. The highest BCUT2D eigenvalue weighted by Gasteiger charge is 2.47. The first-order valence-electron chi connectivity index (χ1n) is 12.7. The zero-order chi connectivity index (χ0) is 28.8. The van der Waals surface area contributed by atoms with Crippen LogP contribution in [0.15, 0.2) is 47.1 Å². The minimum Gasteiger partial charge on any atom is -0.496 e. The van der Waals surface area contributed by atoms with Crippen molar-refractivity contribution in [3.8, 4) is 17.1 Å². The molecule has 2 atom stereocenters. The fourth-order valence-corrected chi connectivity index (χ4v) is 5.39. The van der Waals surface area contributed by atoms with Gasteiger partial charge in [-0.1, -0.05) is 6.07 Å². The van der Waals surface area contributed by atoms with Crippen molar-refractivity contribution in [2.45, 2.75) is 44.9 Å². The number of fused-ring (bicyclic) bond motifs is 2. The predicted octanol–water partition coefficient (Wildman–Crippen LogP) is 5.64. The zero-order valence-corrected chi connectivity index (χ0v) is 24.0. The highest BCUT2D eigenvalue weighted by molar-refractivity contribution is 9.10. The molecule has 210 valence electrons. The van der Waals surface area contributed by atoms with Gasteiger partial charge < -0.3 is 24.6 Å². The summed E-state index contributed by atoms with van der Waals surface area (Å²) < 4.78 is 40.3. The van der Waals surface area contributed by atoms with E-state index in [-0.39, 0.29) is 51.2 Å². The first kappa shape index (κ1) is 27.8. The minimum atomic E-state index is -0.623. The number of hydrogen-bond donors (Lipinski definition) is 1. The number of nitrogens with one attached hydrogen (secondary N) is 1.